The Morgan fingerprint density at radius 1 is 1.25 bits per heavy atom. The van der Waals surface area contributed by atoms with Crippen molar-refractivity contribution < 1.29 is 26.0 Å². The van der Waals surface area contributed by atoms with E-state index in [4.69, 9.17) is 0 Å². The zero-order valence-corrected chi connectivity index (χ0v) is 3.44. The van der Waals surface area contributed by atoms with Crippen molar-refractivity contribution in [2.45, 2.75) is 0 Å². The van der Waals surface area contributed by atoms with Crippen molar-refractivity contribution in [3.05, 3.63) is 0 Å². The minimum Gasteiger partial charge on any atom is -0.347 e. The zero-order valence-electron chi connectivity index (χ0n) is 1.88. The number of hydrogen-bond acceptors (Lipinski definition) is 0. The molecule has 0 nitrogen and oxygen atoms in total. The smallest absolute Gasteiger partial charge is 0.314 e. The van der Waals surface area contributed by atoms with Gasteiger partial charge in [-0.1, -0.05) is 0 Å². The summed E-state index contributed by atoms with van der Waals surface area (Å²) in [6.07, 6.45) is 0. The van der Waals surface area contributed by atoms with E-state index in [1.807, 2.05) is 0 Å². The molecular weight excluding hydrogens is 105 g/mol. The van der Waals surface area contributed by atoms with Gasteiger partial charge in [-0.15, -0.1) is 0 Å². The van der Waals surface area contributed by atoms with Crippen molar-refractivity contribution in [3.8, 4) is 0 Å². The van der Waals surface area contributed by atoms with Gasteiger partial charge in [0.2, 0.25) is 0 Å². The van der Waals surface area contributed by atoms with Crippen LogP contribution >= 0.6 is 0 Å². The normalized spacial score (nSPS) is 1.25. The summed E-state index contributed by atoms with van der Waals surface area (Å²) >= 11 is 0. The maximum atomic E-state index is 9.50. The Labute approximate surface area is 51.6 Å². The van der Waals surface area contributed by atoms with E-state index in [1.54, 1.807) is 0 Å². The summed E-state index contributed by atoms with van der Waals surface area (Å²) in [4.78, 5) is 0. The van der Waals surface area contributed by atoms with Crippen molar-refractivity contribution >= 4 is 25.5 Å². The molecule has 4 heavy (non-hydrogen) atoms. The van der Waals surface area contributed by atoms with Crippen LogP contribution in [0.15, 0.2) is 0 Å². The maximum absolute atomic E-state index is 9.50. The molecule has 0 aromatic carbocycles. The minimum atomic E-state index is 0. The Morgan fingerprint density at radius 3 is 1.25 bits per heavy atom. The number of rotatable bonds is 0. The van der Waals surface area contributed by atoms with E-state index < -0.39 is 0 Å². The monoisotopic (exact) mass is 110 g/mol. The van der Waals surface area contributed by atoms with Gasteiger partial charge in [0, 0.05) is 21.7 Å². The second-order valence-electron chi connectivity index (χ2n) is 0. The van der Waals surface area contributed by atoms with Gasteiger partial charge in [0.05, 0.1) is 0 Å². The minimum absolute atomic E-state index is 0. The Hall–Kier alpha value is 1.24. The fraction of sp³-hybridized carbons (Fsp3) is 0. The summed E-state index contributed by atoms with van der Waals surface area (Å²) in [5.74, 6) is 0. The summed E-state index contributed by atoms with van der Waals surface area (Å²) in [5.41, 5.74) is 0. The quantitative estimate of drug-likeness (QED) is 0.326. The Bertz CT molecular complexity index is 8.00. The van der Waals surface area contributed by atoms with E-state index in [2.05, 4.69) is 0 Å². The van der Waals surface area contributed by atoms with Crippen LogP contribution in [0, 0.1) is 0 Å². The molecule has 0 amide bonds. The van der Waals surface area contributed by atoms with Crippen molar-refractivity contribution in [1.82, 2.24) is 0 Å². The van der Waals surface area contributed by atoms with Crippen molar-refractivity contribution in [3.63, 3.8) is 0 Å². The Kier molecular flexibility index (Phi) is 136. The van der Waals surface area contributed by atoms with E-state index in [0.717, 1.165) is 0 Å². The molecule has 0 unspecified atom stereocenters. The first-order chi connectivity index (χ1) is 1.00. The van der Waals surface area contributed by atoms with Gasteiger partial charge in [0.1, 0.15) is 0 Å². The zero-order chi connectivity index (χ0) is 2.00. The molecule has 22 valence electrons. The molecule has 0 atom stereocenters. The average molecular weight is 110 g/mol. The SMILES string of the molecule is BF.[AlH3].[Ti]. The van der Waals surface area contributed by atoms with Crippen molar-refractivity contribution in [2.75, 3.05) is 0 Å². The van der Waals surface area contributed by atoms with Gasteiger partial charge in [-0.05, 0) is 0 Å². The summed E-state index contributed by atoms with van der Waals surface area (Å²) < 4.78 is 9.50. The fourth-order valence-corrected chi connectivity index (χ4v) is 0. The van der Waals surface area contributed by atoms with Crippen molar-refractivity contribution in [1.29, 1.82) is 0 Å². The van der Waals surface area contributed by atoms with Gasteiger partial charge in [-0.3, -0.25) is 0 Å². The van der Waals surface area contributed by atoms with E-state index in [9.17, 15) is 4.32 Å². The average Bonchev–Trinajstić information content (AvgIpc) is 1.00. The Balaban J connectivity index is -0.00000000500. The maximum Gasteiger partial charge on any atom is 0.314 e. The molecule has 0 aromatic rings. The first-order valence-electron chi connectivity index (χ1n) is 0.378. The number of halogens is 1. The van der Waals surface area contributed by atoms with Crippen LogP contribution in [0.4, 0.5) is 4.32 Å². The summed E-state index contributed by atoms with van der Waals surface area (Å²) in [6, 6.07) is 0. The fourth-order valence-electron chi connectivity index (χ4n) is 0. The van der Waals surface area contributed by atoms with Gasteiger partial charge < -0.3 is 4.32 Å². The van der Waals surface area contributed by atoms with Gasteiger partial charge >= 0.3 is 8.12 Å². The van der Waals surface area contributed by atoms with Gasteiger partial charge in [0.15, 0.2) is 17.4 Å². The predicted molar refractivity (Wildman–Crippen MR) is 19.6 cm³/mol. The van der Waals surface area contributed by atoms with E-state index in [1.165, 1.54) is 0 Å². The molecule has 0 saturated heterocycles. The third-order valence-corrected chi connectivity index (χ3v) is 0. The second kappa shape index (κ2) is 28.9. The van der Waals surface area contributed by atoms with E-state index in [0.29, 0.717) is 8.12 Å². The van der Waals surface area contributed by atoms with Gasteiger partial charge in [-0.2, -0.15) is 0 Å². The topological polar surface area (TPSA) is 0 Å². The van der Waals surface area contributed by atoms with Crippen LogP contribution in [0.25, 0.3) is 0 Å². The first kappa shape index (κ1) is 18.8. The van der Waals surface area contributed by atoms with Crippen LogP contribution in [0.2, 0.25) is 0 Å². The van der Waals surface area contributed by atoms with Gasteiger partial charge in [-0.25, -0.2) is 0 Å². The molecule has 4 heteroatoms. The molecule has 0 spiro atoms. The van der Waals surface area contributed by atoms with E-state index in [-0.39, 0.29) is 39.1 Å². The first-order valence-corrected chi connectivity index (χ1v) is 0.378. The molecule has 0 saturated carbocycles. The number of hydrogen-bond donors (Lipinski definition) is 0. The molecular formula is H5AlBFTi. The third kappa shape index (κ3) is 10.6. The summed E-state index contributed by atoms with van der Waals surface area (Å²) in [6.45, 7) is 0. The predicted octanol–water partition coefficient (Wildman–Crippen LogP) is -1.68. The van der Waals surface area contributed by atoms with Crippen LogP contribution in [0.1, 0.15) is 0 Å². The molecule has 0 aliphatic heterocycles. The third-order valence-electron chi connectivity index (χ3n) is 0. The van der Waals surface area contributed by atoms with Crippen LogP contribution in [-0.2, 0) is 21.7 Å². The largest absolute Gasteiger partial charge is 0.347 e. The Morgan fingerprint density at radius 2 is 1.25 bits per heavy atom. The van der Waals surface area contributed by atoms with Gasteiger partial charge in [0.25, 0.3) is 0 Å². The standard InChI is InChI=1S/Al.BFH2.Ti.3H/c;1-2;;;;/h;1H2;;;;. The second-order valence-corrected chi connectivity index (χ2v) is 0. The molecule has 0 bridgehead atoms. The molecule has 0 aromatic heterocycles. The van der Waals surface area contributed by atoms with Crippen LogP contribution in [0.3, 0.4) is 0 Å². The molecule has 0 aliphatic carbocycles. The summed E-state index contributed by atoms with van der Waals surface area (Å²) in [5, 5.41) is 0. The molecule has 0 fully saturated rings. The van der Waals surface area contributed by atoms with Crippen LogP contribution in [-0.4, -0.2) is 25.5 Å². The molecule has 0 N–H and O–H groups in total. The molecule has 0 aliphatic rings. The van der Waals surface area contributed by atoms with E-state index >= 15 is 0 Å². The summed E-state index contributed by atoms with van der Waals surface area (Å²) in [7, 11) is 0.500. The molecule has 0 heterocycles. The molecule has 0 radical (unpaired) electrons. The van der Waals surface area contributed by atoms with Crippen molar-refractivity contribution in [2.24, 2.45) is 0 Å². The molecule has 0 rings (SSSR count). The van der Waals surface area contributed by atoms with Crippen LogP contribution < -0.4 is 0 Å². The van der Waals surface area contributed by atoms with Crippen LogP contribution in [0.5, 0.6) is 0 Å².